The van der Waals surface area contributed by atoms with Gasteiger partial charge in [0, 0.05) is 15.3 Å². The lowest BCUT2D eigenvalue weighted by Gasteiger charge is -2.10. The van der Waals surface area contributed by atoms with E-state index in [0.29, 0.717) is 6.54 Å². The summed E-state index contributed by atoms with van der Waals surface area (Å²) in [4.78, 5) is 12.8. The second-order valence-electron chi connectivity index (χ2n) is 3.60. The molecular formula is C11H16BrNOS. The number of carbonyl (C=O) groups is 1. The standard InChI is InChI=1S/C11H16BrNOS/c1-3-4-8(2)11(14)13-7-10-9(12)5-6-15-10/h5-6,8H,3-4,7H2,1-2H3,(H,13,14). The van der Waals surface area contributed by atoms with Crippen LogP contribution in [0.15, 0.2) is 15.9 Å². The summed E-state index contributed by atoms with van der Waals surface area (Å²) in [6, 6.07) is 2.00. The molecule has 0 radical (unpaired) electrons. The van der Waals surface area contributed by atoms with E-state index >= 15 is 0 Å². The Balaban J connectivity index is 2.37. The van der Waals surface area contributed by atoms with E-state index in [9.17, 15) is 4.79 Å². The molecule has 84 valence electrons. The number of hydrogen-bond acceptors (Lipinski definition) is 2. The van der Waals surface area contributed by atoms with E-state index in [2.05, 4.69) is 28.2 Å². The first-order chi connectivity index (χ1) is 7.15. The van der Waals surface area contributed by atoms with Crippen LogP contribution < -0.4 is 5.32 Å². The Hall–Kier alpha value is -0.350. The Morgan fingerprint density at radius 2 is 2.40 bits per heavy atom. The molecule has 0 aliphatic carbocycles. The zero-order valence-electron chi connectivity index (χ0n) is 9.05. The monoisotopic (exact) mass is 289 g/mol. The highest BCUT2D eigenvalue weighted by molar-refractivity contribution is 9.10. The van der Waals surface area contributed by atoms with Crippen molar-refractivity contribution in [1.82, 2.24) is 5.32 Å². The van der Waals surface area contributed by atoms with E-state index < -0.39 is 0 Å². The van der Waals surface area contributed by atoms with Gasteiger partial charge in [0.15, 0.2) is 0 Å². The van der Waals surface area contributed by atoms with Gasteiger partial charge in [-0.1, -0.05) is 20.3 Å². The smallest absolute Gasteiger partial charge is 0.223 e. The summed E-state index contributed by atoms with van der Waals surface area (Å²) in [6.45, 7) is 4.70. The molecular weight excluding hydrogens is 274 g/mol. The molecule has 1 N–H and O–H groups in total. The molecule has 1 aromatic heterocycles. The molecule has 1 aromatic rings. The topological polar surface area (TPSA) is 29.1 Å². The van der Waals surface area contributed by atoms with Crippen molar-refractivity contribution in [2.45, 2.75) is 33.2 Å². The van der Waals surface area contributed by atoms with Crippen molar-refractivity contribution in [3.63, 3.8) is 0 Å². The van der Waals surface area contributed by atoms with E-state index in [-0.39, 0.29) is 11.8 Å². The molecule has 1 unspecified atom stereocenters. The molecule has 1 rings (SSSR count). The van der Waals surface area contributed by atoms with Crippen molar-refractivity contribution in [3.05, 3.63) is 20.8 Å². The largest absolute Gasteiger partial charge is 0.351 e. The third-order valence-corrected chi connectivity index (χ3v) is 4.21. The molecule has 0 aromatic carbocycles. The van der Waals surface area contributed by atoms with Crippen LogP contribution in [-0.2, 0) is 11.3 Å². The third-order valence-electron chi connectivity index (χ3n) is 2.28. The van der Waals surface area contributed by atoms with Gasteiger partial charge in [0.25, 0.3) is 0 Å². The maximum atomic E-state index is 11.6. The molecule has 0 bridgehead atoms. The van der Waals surface area contributed by atoms with Gasteiger partial charge in [-0.2, -0.15) is 0 Å². The van der Waals surface area contributed by atoms with Crippen LogP contribution in [0, 0.1) is 5.92 Å². The molecule has 4 heteroatoms. The number of rotatable bonds is 5. The maximum Gasteiger partial charge on any atom is 0.223 e. The average molecular weight is 290 g/mol. The summed E-state index contributed by atoms with van der Waals surface area (Å²) in [5, 5.41) is 4.97. The first kappa shape index (κ1) is 12.7. The lowest BCUT2D eigenvalue weighted by atomic mass is 10.1. The molecule has 0 saturated carbocycles. The van der Waals surface area contributed by atoms with Crippen molar-refractivity contribution in [2.24, 2.45) is 5.92 Å². The molecule has 0 spiro atoms. The lowest BCUT2D eigenvalue weighted by molar-refractivity contribution is -0.124. The third kappa shape index (κ3) is 3.95. The van der Waals surface area contributed by atoms with Crippen LogP contribution in [0.1, 0.15) is 31.6 Å². The fraction of sp³-hybridized carbons (Fsp3) is 0.545. The molecule has 0 aliphatic heterocycles. The van der Waals surface area contributed by atoms with Crippen LogP contribution in [0.5, 0.6) is 0 Å². The van der Waals surface area contributed by atoms with Crippen LogP contribution in [0.4, 0.5) is 0 Å². The summed E-state index contributed by atoms with van der Waals surface area (Å²) < 4.78 is 1.08. The molecule has 0 fully saturated rings. The van der Waals surface area contributed by atoms with Gasteiger partial charge in [-0.15, -0.1) is 11.3 Å². The molecule has 1 atom stereocenters. The van der Waals surface area contributed by atoms with Gasteiger partial charge in [0.2, 0.25) is 5.91 Å². The fourth-order valence-electron chi connectivity index (χ4n) is 1.36. The van der Waals surface area contributed by atoms with Gasteiger partial charge < -0.3 is 5.32 Å². The van der Waals surface area contributed by atoms with Crippen LogP contribution >= 0.6 is 27.3 Å². The number of hydrogen-bond donors (Lipinski definition) is 1. The number of amides is 1. The fourth-order valence-corrected chi connectivity index (χ4v) is 2.79. The molecule has 1 amide bonds. The predicted molar refractivity (Wildman–Crippen MR) is 67.9 cm³/mol. The van der Waals surface area contributed by atoms with Gasteiger partial charge in [-0.3, -0.25) is 4.79 Å². The van der Waals surface area contributed by atoms with E-state index in [0.717, 1.165) is 17.3 Å². The summed E-state index contributed by atoms with van der Waals surface area (Å²) in [7, 11) is 0. The number of halogens is 1. The SMILES string of the molecule is CCCC(C)C(=O)NCc1sccc1Br. The van der Waals surface area contributed by atoms with Gasteiger partial charge in [0.05, 0.1) is 6.54 Å². The van der Waals surface area contributed by atoms with Crippen molar-refractivity contribution >= 4 is 33.2 Å². The molecule has 2 nitrogen and oxygen atoms in total. The maximum absolute atomic E-state index is 11.6. The molecule has 0 saturated heterocycles. The van der Waals surface area contributed by atoms with Crippen LogP contribution in [-0.4, -0.2) is 5.91 Å². The summed E-state index contributed by atoms with van der Waals surface area (Å²) in [6.07, 6.45) is 2.01. The van der Waals surface area contributed by atoms with Crippen LogP contribution in [0.25, 0.3) is 0 Å². The number of thiophene rings is 1. The Labute approximate surface area is 103 Å². The molecule has 1 heterocycles. The van der Waals surface area contributed by atoms with Crippen molar-refractivity contribution in [2.75, 3.05) is 0 Å². The van der Waals surface area contributed by atoms with E-state index in [4.69, 9.17) is 0 Å². The second kappa shape index (κ2) is 6.28. The highest BCUT2D eigenvalue weighted by Gasteiger charge is 2.11. The minimum absolute atomic E-state index is 0.119. The Morgan fingerprint density at radius 3 is 2.93 bits per heavy atom. The Morgan fingerprint density at radius 1 is 1.67 bits per heavy atom. The van der Waals surface area contributed by atoms with Crippen LogP contribution in [0.3, 0.4) is 0 Å². The Bertz CT molecular complexity index is 324. The summed E-state index contributed by atoms with van der Waals surface area (Å²) in [5.41, 5.74) is 0. The molecule has 0 aliphatic rings. The minimum Gasteiger partial charge on any atom is -0.351 e. The average Bonchev–Trinajstić information content (AvgIpc) is 2.61. The van der Waals surface area contributed by atoms with Crippen molar-refractivity contribution in [3.8, 4) is 0 Å². The first-order valence-electron chi connectivity index (χ1n) is 5.14. The zero-order chi connectivity index (χ0) is 11.3. The van der Waals surface area contributed by atoms with E-state index in [1.807, 2.05) is 18.4 Å². The summed E-state index contributed by atoms with van der Waals surface area (Å²) >= 11 is 5.10. The first-order valence-corrected chi connectivity index (χ1v) is 6.82. The number of nitrogens with one attached hydrogen (secondary N) is 1. The quantitative estimate of drug-likeness (QED) is 0.882. The predicted octanol–water partition coefficient (Wildman–Crippen LogP) is 3.56. The van der Waals surface area contributed by atoms with Crippen molar-refractivity contribution in [1.29, 1.82) is 0 Å². The second-order valence-corrected chi connectivity index (χ2v) is 5.45. The zero-order valence-corrected chi connectivity index (χ0v) is 11.5. The normalized spacial score (nSPS) is 12.5. The Kier molecular flexibility index (Phi) is 5.32. The van der Waals surface area contributed by atoms with Gasteiger partial charge in [0.1, 0.15) is 0 Å². The highest BCUT2D eigenvalue weighted by Crippen LogP contribution is 2.22. The van der Waals surface area contributed by atoms with Gasteiger partial charge in [-0.25, -0.2) is 0 Å². The van der Waals surface area contributed by atoms with E-state index in [1.165, 1.54) is 4.88 Å². The van der Waals surface area contributed by atoms with Gasteiger partial charge in [-0.05, 0) is 33.8 Å². The molecule has 15 heavy (non-hydrogen) atoms. The minimum atomic E-state index is 0.119. The highest BCUT2D eigenvalue weighted by atomic mass is 79.9. The lowest BCUT2D eigenvalue weighted by Crippen LogP contribution is -2.28. The van der Waals surface area contributed by atoms with E-state index in [1.54, 1.807) is 11.3 Å². The van der Waals surface area contributed by atoms with Crippen molar-refractivity contribution < 1.29 is 4.79 Å². The van der Waals surface area contributed by atoms with Crippen LogP contribution in [0.2, 0.25) is 0 Å². The van der Waals surface area contributed by atoms with Gasteiger partial charge >= 0.3 is 0 Å². The summed E-state index contributed by atoms with van der Waals surface area (Å²) in [5.74, 6) is 0.269. The number of carbonyl (C=O) groups excluding carboxylic acids is 1.